The summed E-state index contributed by atoms with van der Waals surface area (Å²) in [6, 6.07) is 14.7. The zero-order valence-electron chi connectivity index (χ0n) is 15.7. The second-order valence-electron chi connectivity index (χ2n) is 5.99. The average Bonchev–Trinajstić information content (AvgIpc) is 3.43. The van der Waals surface area contributed by atoms with Crippen LogP contribution in [0.25, 0.3) is 22.7 Å². The van der Waals surface area contributed by atoms with Gasteiger partial charge in [-0.1, -0.05) is 41.6 Å². The number of carbonyl (C=O) groups is 1. The number of thioether (sulfide) groups is 1. The van der Waals surface area contributed by atoms with Crippen LogP contribution < -0.4 is 10.1 Å². The summed E-state index contributed by atoms with van der Waals surface area (Å²) in [4.78, 5) is 16.7. The van der Waals surface area contributed by atoms with Crippen molar-refractivity contribution in [3.63, 3.8) is 0 Å². The van der Waals surface area contributed by atoms with E-state index in [1.807, 2.05) is 35.7 Å². The number of benzene rings is 2. The largest absolute Gasteiger partial charge is 0.497 e. The summed E-state index contributed by atoms with van der Waals surface area (Å²) in [7, 11) is 1.59. The van der Waals surface area contributed by atoms with E-state index in [0.717, 1.165) is 28.6 Å². The standard InChI is InChI=1S/C20H15ClN4O3S2/c1-27-15-4-2-3-13(9-15)18-24-25-20(28-18)30-11-17(26)23-19-22-16(10-29-19)12-5-7-14(21)8-6-12/h2-10H,11H2,1H3,(H,22,23,26). The number of amides is 1. The topological polar surface area (TPSA) is 90.1 Å². The first-order valence-corrected chi connectivity index (χ1v) is 11.0. The van der Waals surface area contributed by atoms with Gasteiger partial charge < -0.3 is 14.5 Å². The van der Waals surface area contributed by atoms with Crippen LogP contribution in [0, 0.1) is 0 Å². The molecule has 0 bridgehead atoms. The summed E-state index contributed by atoms with van der Waals surface area (Å²) in [5.41, 5.74) is 2.46. The second-order valence-corrected chi connectivity index (χ2v) is 8.21. The third kappa shape index (κ3) is 4.99. The van der Waals surface area contributed by atoms with Gasteiger partial charge >= 0.3 is 0 Å². The molecule has 0 saturated heterocycles. The molecule has 2 heterocycles. The number of halogens is 1. The van der Waals surface area contributed by atoms with E-state index in [4.69, 9.17) is 20.8 Å². The Morgan fingerprint density at radius 3 is 2.83 bits per heavy atom. The zero-order chi connectivity index (χ0) is 20.9. The molecular formula is C20H15ClN4O3S2. The molecule has 10 heteroatoms. The molecule has 1 N–H and O–H groups in total. The fraction of sp³-hybridized carbons (Fsp3) is 0.100. The number of ether oxygens (including phenoxy) is 1. The van der Waals surface area contributed by atoms with Crippen LogP contribution in [0.2, 0.25) is 5.02 Å². The molecule has 0 unspecified atom stereocenters. The summed E-state index contributed by atoms with van der Waals surface area (Å²) in [6.07, 6.45) is 0. The molecule has 0 fully saturated rings. The maximum atomic E-state index is 12.2. The predicted octanol–water partition coefficient (Wildman–Crippen LogP) is 5.25. The normalized spacial score (nSPS) is 10.7. The first-order chi connectivity index (χ1) is 14.6. The Morgan fingerprint density at radius 2 is 2.03 bits per heavy atom. The van der Waals surface area contributed by atoms with Gasteiger partial charge in [0.05, 0.1) is 18.6 Å². The van der Waals surface area contributed by atoms with Crippen LogP contribution in [0.5, 0.6) is 5.75 Å². The molecule has 0 radical (unpaired) electrons. The highest BCUT2D eigenvalue weighted by molar-refractivity contribution is 7.99. The molecular weight excluding hydrogens is 444 g/mol. The lowest BCUT2D eigenvalue weighted by Crippen LogP contribution is -2.13. The highest BCUT2D eigenvalue weighted by atomic mass is 35.5. The SMILES string of the molecule is COc1cccc(-c2nnc(SCC(=O)Nc3nc(-c4ccc(Cl)cc4)cs3)o2)c1. The Kier molecular flexibility index (Phi) is 6.32. The van der Waals surface area contributed by atoms with Crippen molar-refractivity contribution in [1.29, 1.82) is 0 Å². The first-order valence-electron chi connectivity index (χ1n) is 8.73. The predicted molar refractivity (Wildman–Crippen MR) is 118 cm³/mol. The molecule has 0 aliphatic carbocycles. The van der Waals surface area contributed by atoms with Crippen molar-refractivity contribution >= 4 is 45.7 Å². The summed E-state index contributed by atoms with van der Waals surface area (Å²) >= 11 is 8.42. The molecule has 0 saturated carbocycles. The van der Waals surface area contributed by atoms with E-state index in [2.05, 4.69) is 20.5 Å². The molecule has 152 valence electrons. The molecule has 0 spiro atoms. The van der Waals surface area contributed by atoms with Crippen LogP contribution in [0.4, 0.5) is 5.13 Å². The Morgan fingerprint density at radius 1 is 1.20 bits per heavy atom. The maximum Gasteiger partial charge on any atom is 0.277 e. The van der Waals surface area contributed by atoms with Crippen LogP contribution >= 0.6 is 34.7 Å². The van der Waals surface area contributed by atoms with Crippen LogP contribution in [-0.4, -0.2) is 34.0 Å². The van der Waals surface area contributed by atoms with Crippen molar-refractivity contribution in [1.82, 2.24) is 15.2 Å². The molecule has 7 nitrogen and oxygen atoms in total. The van der Waals surface area contributed by atoms with E-state index >= 15 is 0 Å². The number of thiazole rings is 1. The molecule has 4 aromatic rings. The number of anilines is 1. The zero-order valence-corrected chi connectivity index (χ0v) is 18.1. The van der Waals surface area contributed by atoms with E-state index in [1.165, 1.54) is 11.3 Å². The first kappa shape index (κ1) is 20.4. The van der Waals surface area contributed by atoms with Crippen molar-refractivity contribution < 1.29 is 13.9 Å². The monoisotopic (exact) mass is 458 g/mol. The van der Waals surface area contributed by atoms with Gasteiger partial charge in [-0.25, -0.2) is 4.98 Å². The number of methoxy groups -OCH3 is 1. The quantitative estimate of drug-likeness (QED) is 0.378. The summed E-state index contributed by atoms with van der Waals surface area (Å²) < 4.78 is 10.8. The molecule has 0 aliphatic rings. The number of hydrogen-bond donors (Lipinski definition) is 1. The van der Waals surface area contributed by atoms with Crippen molar-refractivity contribution in [2.75, 3.05) is 18.2 Å². The summed E-state index contributed by atoms with van der Waals surface area (Å²) in [5.74, 6) is 0.971. The number of nitrogens with zero attached hydrogens (tertiary/aromatic N) is 3. The molecule has 4 rings (SSSR count). The van der Waals surface area contributed by atoms with Gasteiger partial charge in [0.15, 0.2) is 5.13 Å². The van der Waals surface area contributed by atoms with E-state index in [9.17, 15) is 4.79 Å². The van der Waals surface area contributed by atoms with Gasteiger partial charge in [0.25, 0.3) is 5.22 Å². The van der Waals surface area contributed by atoms with E-state index in [-0.39, 0.29) is 11.7 Å². The average molecular weight is 459 g/mol. The van der Waals surface area contributed by atoms with Crippen molar-refractivity contribution in [2.24, 2.45) is 0 Å². The van der Waals surface area contributed by atoms with Gasteiger partial charge in [0.1, 0.15) is 5.75 Å². The van der Waals surface area contributed by atoms with E-state index in [1.54, 1.807) is 25.3 Å². The Bertz CT molecular complexity index is 1160. The number of carbonyl (C=O) groups excluding carboxylic acids is 1. The van der Waals surface area contributed by atoms with Crippen molar-refractivity contribution in [2.45, 2.75) is 5.22 Å². The molecule has 2 aromatic heterocycles. The lowest BCUT2D eigenvalue weighted by atomic mass is 10.2. The molecule has 0 atom stereocenters. The molecule has 2 aromatic carbocycles. The van der Waals surface area contributed by atoms with Crippen molar-refractivity contribution in [3.05, 3.63) is 58.9 Å². The smallest absolute Gasteiger partial charge is 0.277 e. The van der Waals surface area contributed by atoms with E-state index in [0.29, 0.717) is 27.0 Å². The second kappa shape index (κ2) is 9.29. The van der Waals surface area contributed by atoms with Gasteiger partial charge in [0, 0.05) is 21.5 Å². The van der Waals surface area contributed by atoms with Crippen molar-refractivity contribution in [3.8, 4) is 28.5 Å². The lowest BCUT2D eigenvalue weighted by Gasteiger charge is -2.00. The molecule has 1 amide bonds. The fourth-order valence-corrected chi connectivity index (χ4v) is 3.93. The third-order valence-electron chi connectivity index (χ3n) is 3.94. The van der Waals surface area contributed by atoms with Crippen LogP contribution in [0.1, 0.15) is 0 Å². The van der Waals surface area contributed by atoms with Crippen LogP contribution in [0.15, 0.2) is 63.6 Å². The van der Waals surface area contributed by atoms with Crippen LogP contribution in [-0.2, 0) is 4.79 Å². The van der Waals surface area contributed by atoms with Crippen LogP contribution in [0.3, 0.4) is 0 Å². The highest BCUT2D eigenvalue weighted by Gasteiger charge is 2.13. The Balaban J connectivity index is 1.33. The highest BCUT2D eigenvalue weighted by Crippen LogP contribution is 2.28. The summed E-state index contributed by atoms with van der Waals surface area (Å²) in [6.45, 7) is 0. The lowest BCUT2D eigenvalue weighted by molar-refractivity contribution is -0.113. The third-order valence-corrected chi connectivity index (χ3v) is 5.77. The Labute approximate surface area is 185 Å². The van der Waals surface area contributed by atoms with Gasteiger partial charge in [-0.05, 0) is 30.3 Å². The van der Waals surface area contributed by atoms with Gasteiger partial charge in [0.2, 0.25) is 11.8 Å². The minimum Gasteiger partial charge on any atom is -0.497 e. The minimum atomic E-state index is -0.210. The molecule has 30 heavy (non-hydrogen) atoms. The number of rotatable bonds is 7. The Hall–Kier alpha value is -2.88. The summed E-state index contributed by atoms with van der Waals surface area (Å²) in [5, 5.41) is 14.2. The number of aromatic nitrogens is 3. The number of nitrogens with one attached hydrogen (secondary N) is 1. The fourth-order valence-electron chi connectivity index (χ4n) is 2.51. The van der Waals surface area contributed by atoms with Gasteiger partial charge in [-0.15, -0.1) is 21.5 Å². The minimum absolute atomic E-state index is 0.121. The van der Waals surface area contributed by atoms with Gasteiger partial charge in [-0.2, -0.15) is 0 Å². The maximum absolute atomic E-state index is 12.2. The molecule has 0 aliphatic heterocycles. The number of hydrogen-bond acceptors (Lipinski definition) is 8. The van der Waals surface area contributed by atoms with Gasteiger partial charge in [-0.3, -0.25) is 4.79 Å². The van der Waals surface area contributed by atoms with E-state index < -0.39 is 0 Å².